The Kier molecular flexibility index (Phi) is 3.04. The molecule has 0 aromatic heterocycles. The van der Waals surface area contributed by atoms with Crippen molar-refractivity contribution in [3.63, 3.8) is 0 Å². The van der Waals surface area contributed by atoms with Crippen LogP contribution in [0.4, 0.5) is 0 Å². The van der Waals surface area contributed by atoms with Crippen LogP contribution in [0.5, 0.6) is 0 Å². The Morgan fingerprint density at radius 1 is 1.30 bits per heavy atom. The lowest BCUT2D eigenvalue weighted by atomic mass is 9.92. The van der Waals surface area contributed by atoms with Gasteiger partial charge in [0.2, 0.25) is 5.91 Å². The molecule has 106 valence electrons. The molecule has 2 atom stereocenters. The van der Waals surface area contributed by atoms with E-state index < -0.39 is 11.9 Å². The highest BCUT2D eigenvalue weighted by atomic mass is 16.4. The van der Waals surface area contributed by atoms with Crippen molar-refractivity contribution in [2.45, 2.75) is 31.6 Å². The number of nitrogens with one attached hydrogen (secondary N) is 1. The lowest BCUT2D eigenvalue weighted by Gasteiger charge is -2.19. The quantitative estimate of drug-likeness (QED) is 0.860. The van der Waals surface area contributed by atoms with Gasteiger partial charge in [-0.15, -0.1) is 0 Å². The average molecular weight is 273 g/mol. The van der Waals surface area contributed by atoms with Crippen molar-refractivity contribution < 1.29 is 14.7 Å². The Hall–Kier alpha value is -1.84. The van der Waals surface area contributed by atoms with Gasteiger partial charge in [0.15, 0.2) is 0 Å². The zero-order chi connectivity index (χ0) is 14.3. The second kappa shape index (κ2) is 4.62. The number of aliphatic carboxylic acids is 1. The van der Waals surface area contributed by atoms with Crippen LogP contribution < -0.4 is 5.32 Å². The maximum absolute atomic E-state index is 11.9. The molecule has 1 amide bonds. The largest absolute Gasteiger partial charge is 0.481 e. The number of rotatable bonds is 5. The van der Waals surface area contributed by atoms with Crippen molar-refractivity contribution >= 4 is 11.9 Å². The van der Waals surface area contributed by atoms with Gasteiger partial charge in [-0.05, 0) is 37.3 Å². The molecule has 4 nitrogen and oxygen atoms in total. The molecule has 0 radical (unpaired) electrons. The van der Waals surface area contributed by atoms with Crippen molar-refractivity contribution in [2.75, 3.05) is 6.54 Å². The predicted molar refractivity (Wildman–Crippen MR) is 74.3 cm³/mol. The number of amides is 1. The summed E-state index contributed by atoms with van der Waals surface area (Å²) >= 11 is 0. The summed E-state index contributed by atoms with van der Waals surface area (Å²) in [4.78, 5) is 22.7. The van der Waals surface area contributed by atoms with Gasteiger partial charge in [0.1, 0.15) is 0 Å². The molecule has 0 saturated heterocycles. The van der Waals surface area contributed by atoms with Crippen molar-refractivity contribution in [1.29, 1.82) is 0 Å². The van der Waals surface area contributed by atoms with Crippen molar-refractivity contribution in [2.24, 2.45) is 11.8 Å². The number of hydrogen-bond donors (Lipinski definition) is 2. The molecule has 2 saturated carbocycles. The Morgan fingerprint density at radius 2 is 2.00 bits per heavy atom. The van der Waals surface area contributed by atoms with E-state index in [4.69, 9.17) is 5.11 Å². The lowest BCUT2D eigenvalue weighted by molar-refractivity contribution is -0.140. The molecular formula is C16H19NO3. The highest BCUT2D eigenvalue weighted by molar-refractivity contribution is 5.89. The molecule has 1 aromatic carbocycles. The van der Waals surface area contributed by atoms with E-state index in [1.165, 1.54) is 11.1 Å². The number of carboxylic acids is 1. The monoisotopic (exact) mass is 273 g/mol. The maximum atomic E-state index is 11.9. The summed E-state index contributed by atoms with van der Waals surface area (Å²) < 4.78 is 0. The molecule has 2 fully saturated rings. The summed E-state index contributed by atoms with van der Waals surface area (Å²) in [6.07, 6.45) is 2.66. The van der Waals surface area contributed by atoms with E-state index in [9.17, 15) is 9.59 Å². The van der Waals surface area contributed by atoms with Gasteiger partial charge in [0.05, 0.1) is 11.8 Å². The summed E-state index contributed by atoms with van der Waals surface area (Å²) in [5.74, 6) is -1.74. The van der Waals surface area contributed by atoms with Crippen LogP contribution in [0, 0.1) is 18.8 Å². The fraction of sp³-hybridized carbons (Fsp3) is 0.500. The molecule has 2 unspecified atom stereocenters. The van der Waals surface area contributed by atoms with Crippen molar-refractivity contribution in [1.82, 2.24) is 5.32 Å². The first-order valence-electron chi connectivity index (χ1n) is 7.10. The van der Waals surface area contributed by atoms with E-state index >= 15 is 0 Å². The van der Waals surface area contributed by atoms with Crippen LogP contribution in [0.2, 0.25) is 0 Å². The number of benzene rings is 1. The standard InChI is InChI=1S/C16H19NO3/c1-10-4-2-3-5-13(10)16(6-7-16)9-17-14(18)11-8-12(11)15(19)20/h2-5,11-12H,6-9H2,1H3,(H,17,18)(H,19,20). The SMILES string of the molecule is Cc1ccccc1C1(CNC(=O)C2CC2C(=O)O)CC1. The molecule has 0 aliphatic heterocycles. The van der Waals surface area contributed by atoms with E-state index in [1.807, 2.05) is 12.1 Å². The van der Waals surface area contributed by atoms with Gasteiger partial charge in [-0.25, -0.2) is 0 Å². The smallest absolute Gasteiger partial charge is 0.307 e. The first kappa shape index (κ1) is 13.2. The molecule has 2 aliphatic carbocycles. The number of carbonyl (C=O) groups excluding carboxylic acids is 1. The van der Waals surface area contributed by atoms with Crippen LogP contribution >= 0.6 is 0 Å². The summed E-state index contributed by atoms with van der Waals surface area (Å²) in [5, 5.41) is 11.8. The van der Waals surface area contributed by atoms with E-state index in [-0.39, 0.29) is 17.2 Å². The van der Waals surface area contributed by atoms with Gasteiger partial charge < -0.3 is 10.4 Å². The van der Waals surface area contributed by atoms with Gasteiger partial charge >= 0.3 is 5.97 Å². The van der Waals surface area contributed by atoms with Crippen LogP contribution in [-0.2, 0) is 15.0 Å². The van der Waals surface area contributed by atoms with Gasteiger partial charge in [-0.3, -0.25) is 9.59 Å². The molecule has 2 N–H and O–H groups in total. The third-order valence-corrected chi connectivity index (χ3v) is 4.62. The Labute approximate surface area is 118 Å². The van der Waals surface area contributed by atoms with E-state index in [2.05, 4.69) is 24.4 Å². The Balaban J connectivity index is 1.60. The molecule has 0 heterocycles. The first-order chi connectivity index (χ1) is 9.53. The zero-order valence-corrected chi connectivity index (χ0v) is 11.6. The fourth-order valence-electron chi connectivity index (χ4n) is 3.01. The number of hydrogen-bond acceptors (Lipinski definition) is 2. The summed E-state index contributed by atoms with van der Waals surface area (Å²) in [6, 6.07) is 8.28. The zero-order valence-electron chi connectivity index (χ0n) is 11.6. The number of carbonyl (C=O) groups is 2. The van der Waals surface area contributed by atoms with Crippen LogP contribution in [0.1, 0.15) is 30.4 Å². The molecule has 20 heavy (non-hydrogen) atoms. The van der Waals surface area contributed by atoms with E-state index in [0.717, 1.165) is 12.8 Å². The molecule has 2 aliphatic rings. The summed E-state index contributed by atoms with van der Waals surface area (Å²) in [7, 11) is 0. The fourth-order valence-corrected chi connectivity index (χ4v) is 3.01. The first-order valence-corrected chi connectivity index (χ1v) is 7.10. The predicted octanol–water partition coefficient (Wildman–Crippen LogP) is 1.86. The van der Waals surface area contributed by atoms with Crippen LogP contribution in [0.15, 0.2) is 24.3 Å². The van der Waals surface area contributed by atoms with Crippen molar-refractivity contribution in [3.8, 4) is 0 Å². The normalized spacial score (nSPS) is 25.9. The van der Waals surface area contributed by atoms with Crippen LogP contribution in [-0.4, -0.2) is 23.5 Å². The third kappa shape index (κ3) is 2.30. The summed E-state index contributed by atoms with van der Waals surface area (Å²) in [6.45, 7) is 2.72. The Morgan fingerprint density at radius 3 is 2.55 bits per heavy atom. The highest BCUT2D eigenvalue weighted by Gasteiger charge is 2.50. The minimum Gasteiger partial charge on any atom is -0.481 e. The van der Waals surface area contributed by atoms with E-state index in [1.54, 1.807) is 0 Å². The average Bonchev–Trinajstić information content (AvgIpc) is 3.30. The van der Waals surface area contributed by atoms with Gasteiger partial charge in [0.25, 0.3) is 0 Å². The minimum atomic E-state index is -0.856. The third-order valence-electron chi connectivity index (χ3n) is 4.62. The van der Waals surface area contributed by atoms with Gasteiger partial charge in [-0.1, -0.05) is 24.3 Å². The molecule has 4 heteroatoms. The number of aryl methyl sites for hydroxylation is 1. The number of carboxylic acid groups (broad SMARTS) is 1. The van der Waals surface area contributed by atoms with Gasteiger partial charge in [-0.2, -0.15) is 0 Å². The second-order valence-electron chi connectivity index (χ2n) is 6.10. The Bertz CT molecular complexity index is 563. The topological polar surface area (TPSA) is 66.4 Å². The van der Waals surface area contributed by atoms with E-state index in [0.29, 0.717) is 13.0 Å². The summed E-state index contributed by atoms with van der Waals surface area (Å²) in [5.41, 5.74) is 2.65. The molecular weight excluding hydrogens is 254 g/mol. The van der Waals surface area contributed by atoms with Crippen molar-refractivity contribution in [3.05, 3.63) is 35.4 Å². The van der Waals surface area contributed by atoms with Crippen LogP contribution in [0.25, 0.3) is 0 Å². The highest BCUT2D eigenvalue weighted by Crippen LogP contribution is 2.49. The molecule has 0 spiro atoms. The van der Waals surface area contributed by atoms with Gasteiger partial charge in [0, 0.05) is 12.0 Å². The van der Waals surface area contributed by atoms with Crippen LogP contribution in [0.3, 0.4) is 0 Å². The molecule has 1 aromatic rings. The maximum Gasteiger partial charge on any atom is 0.307 e. The lowest BCUT2D eigenvalue weighted by Crippen LogP contribution is -2.34. The molecule has 0 bridgehead atoms. The molecule has 3 rings (SSSR count). The second-order valence-corrected chi connectivity index (χ2v) is 6.10. The minimum absolute atomic E-state index is 0.0780.